The second-order valence-electron chi connectivity index (χ2n) is 12.2. The minimum absolute atomic E-state index is 0.171. The number of carbonyl (C=O) groups excluding carboxylic acids is 1. The van der Waals surface area contributed by atoms with Gasteiger partial charge in [-0.25, -0.2) is 14.2 Å². The Labute approximate surface area is 263 Å². The van der Waals surface area contributed by atoms with Gasteiger partial charge in [-0.3, -0.25) is 0 Å². The van der Waals surface area contributed by atoms with E-state index in [0.29, 0.717) is 43.1 Å². The molecule has 1 saturated heterocycles. The lowest BCUT2D eigenvalue weighted by molar-refractivity contribution is -0.153. The Kier molecular flexibility index (Phi) is 8.66. The minimum Gasteiger partial charge on any atom is -0.490 e. The van der Waals surface area contributed by atoms with E-state index >= 15 is 0 Å². The number of carbonyl (C=O) groups is 1. The number of hydrogen-bond acceptors (Lipinski definition) is 7. The van der Waals surface area contributed by atoms with Crippen molar-refractivity contribution in [3.8, 4) is 28.1 Å². The van der Waals surface area contributed by atoms with Crippen LogP contribution in [-0.2, 0) is 14.3 Å². The first-order valence-electron chi connectivity index (χ1n) is 15.6. The number of piperidine rings is 1. The van der Waals surface area contributed by atoms with E-state index in [-0.39, 0.29) is 24.1 Å². The lowest BCUT2D eigenvalue weighted by Gasteiger charge is -2.41. The molecule has 4 aromatic rings. The number of anilines is 1. The number of ether oxygens (including phenoxy) is 3. The van der Waals surface area contributed by atoms with Crippen molar-refractivity contribution in [2.45, 2.75) is 64.8 Å². The van der Waals surface area contributed by atoms with Gasteiger partial charge in [0.25, 0.3) is 0 Å². The highest BCUT2D eigenvalue weighted by Crippen LogP contribution is 2.40. The molecule has 5 heterocycles. The van der Waals surface area contributed by atoms with Crippen molar-refractivity contribution >= 4 is 17.3 Å². The van der Waals surface area contributed by atoms with Crippen molar-refractivity contribution in [3.05, 3.63) is 84.0 Å². The molecule has 8 nitrogen and oxygen atoms in total. The summed E-state index contributed by atoms with van der Waals surface area (Å²) in [6.45, 7) is 9.68. The first-order chi connectivity index (χ1) is 21.7. The van der Waals surface area contributed by atoms with E-state index in [0.717, 1.165) is 46.5 Å². The van der Waals surface area contributed by atoms with Gasteiger partial charge in [-0.2, -0.15) is 0 Å². The molecule has 3 aliphatic rings. The quantitative estimate of drug-likeness (QED) is 0.201. The molecule has 3 aliphatic heterocycles. The Morgan fingerprint density at radius 2 is 1.93 bits per heavy atom. The smallest absolute Gasteiger partial charge is 0.339 e. The monoisotopic (exact) mass is 613 g/mol. The van der Waals surface area contributed by atoms with Crippen molar-refractivity contribution in [1.29, 1.82) is 0 Å². The number of aryl methyl sites for hydroxylation is 1. The Morgan fingerprint density at radius 1 is 1.16 bits per heavy atom. The first kappa shape index (κ1) is 30.8. The maximum Gasteiger partial charge on any atom is 0.339 e. The summed E-state index contributed by atoms with van der Waals surface area (Å²) in [5.41, 5.74) is 5.53. The average Bonchev–Trinajstić information content (AvgIpc) is 3.44. The van der Waals surface area contributed by atoms with Crippen LogP contribution in [0.15, 0.2) is 67.0 Å². The molecule has 45 heavy (non-hydrogen) atoms. The van der Waals surface area contributed by atoms with Crippen LogP contribution in [0.25, 0.3) is 28.0 Å². The highest BCUT2D eigenvalue weighted by Gasteiger charge is 2.35. The summed E-state index contributed by atoms with van der Waals surface area (Å²) in [6, 6.07) is 12.5. The zero-order valence-electron chi connectivity index (χ0n) is 26.3. The molecule has 2 aromatic heterocycles. The van der Waals surface area contributed by atoms with Crippen molar-refractivity contribution in [3.63, 3.8) is 0 Å². The van der Waals surface area contributed by atoms with Gasteiger partial charge in [-0.05, 0) is 69.9 Å². The molecule has 236 valence electrons. The van der Waals surface area contributed by atoms with Crippen LogP contribution >= 0.6 is 0 Å². The average molecular weight is 614 g/mol. The number of aromatic nitrogens is 2. The number of rotatable bonds is 3. The number of fused-ring (bicyclic) bond motifs is 7. The number of hydrogen-bond donors (Lipinski definition) is 1. The molecule has 2 atom stereocenters. The largest absolute Gasteiger partial charge is 0.490 e. The fraction of sp³-hybridized carbons (Fsp3) is 0.389. The van der Waals surface area contributed by atoms with Crippen LogP contribution in [0.5, 0.6) is 5.75 Å². The Bertz CT molecular complexity index is 1740. The molecule has 6 bridgehead atoms. The van der Waals surface area contributed by atoms with E-state index < -0.39 is 12.1 Å². The number of esters is 1. The van der Waals surface area contributed by atoms with Crippen LogP contribution in [-0.4, -0.2) is 58.5 Å². The van der Waals surface area contributed by atoms with Crippen molar-refractivity contribution in [2.75, 3.05) is 31.2 Å². The van der Waals surface area contributed by atoms with Gasteiger partial charge in [0.05, 0.1) is 36.3 Å². The van der Waals surface area contributed by atoms with Gasteiger partial charge in [0.1, 0.15) is 11.6 Å². The third-order valence-corrected chi connectivity index (χ3v) is 8.78. The number of pyridine rings is 1. The zero-order valence-corrected chi connectivity index (χ0v) is 26.3. The highest BCUT2D eigenvalue weighted by molar-refractivity contribution is 5.86. The molecule has 9 heteroatoms. The van der Waals surface area contributed by atoms with Gasteiger partial charge < -0.3 is 28.6 Å². The summed E-state index contributed by atoms with van der Waals surface area (Å²) < 4.78 is 34.2. The summed E-state index contributed by atoms with van der Waals surface area (Å²) >= 11 is 0. The van der Waals surface area contributed by atoms with Gasteiger partial charge in [0, 0.05) is 54.7 Å². The van der Waals surface area contributed by atoms with E-state index in [1.165, 1.54) is 12.1 Å². The van der Waals surface area contributed by atoms with Crippen LogP contribution in [0, 0.1) is 12.7 Å². The summed E-state index contributed by atoms with van der Waals surface area (Å²) in [4.78, 5) is 20.1. The number of imidazole rings is 1. The molecule has 0 radical (unpaired) electrons. The molecule has 0 saturated carbocycles. The Hall–Kier alpha value is -4.21. The third kappa shape index (κ3) is 6.32. The Balaban J connectivity index is 1.52. The van der Waals surface area contributed by atoms with E-state index in [1.807, 2.05) is 67.1 Å². The number of aliphatic hydroxyl groups excluding tert-OH is 1. The normalized spacial score (nSPS) is 20.9. The molecule has 7 rings (SSSR count). The van der Waals surface area contributed by atoms with Crippen LogP contribution < -0.4 is 9.64 Å². The highest BCUT2D eigenvalue weighted by atomic mass is 19.1. The lowest BCUT2D eigenvalue weighted by Crippen LogP contribution is -2.45. The summed E-state index contributed by atoms with van der Waals surface area (Å²) in [7, 11) is 0. The van der Waals surface area contributed by atoms with Crippen molar-refractivity contribution in [1.82, 2.24) is 9.38 Å². The molecule has 0 amide bonds. The van der Waals surface area contributed by atoms with Gasteiger partial charge >= 0.3 is 5.97 Å². The fourth-order valence-electron chi connectivity index (χ4n) is 6.28. The predicted molar refractivity (Wildman–Crippen MR) is 172 cm³/mol. The van der Waals surface area contributed by atoms with Crippen molar-refractivity contribution < 1.29 is 28.5 Å². The number of halogens is 1. The Morgan fingerprint density at radius 3 is 2.71 bits per heavy atom. The zero-order chi connectivity index (χ0) is 31.7. The van der Waals surface area contributed by atoms with Gasteiger partial charge in [-0.1, -0.05) is 30.4 Å². The minimum atomic E-state index is -1.45. The second kappa shape index (κ2) is 12.7. The molecule has 2 aromatic carbocycles. The predicted octanol–water partition coefficient (Wildman–Crippen LogP) is 6.82. The summed E-state index contributed by atoms with van der Waals surface area (Å²) in [5, 5.41) is 11.3. The maximum atomic E-state index is 14.4. The van der Waals surface area contributed by atoms with Gasteiger partial charge in [0.15, 0.2) is 11.8 Å². The number of aliphatic hydroxyl groups is 1. The van der Waals surface area contributed by atoms with Gasteiger partial charge in [0.2, 0.25) is 0 Å². The van der Waals surface area contributed by atoms with E-state index in [1.54, 1.807) is 13.0 Å². The summed E-state index contributed by atoms with van der Waals surface area (Å²) in [6.07, 6.45) is 8.45. The standard InChI is InChI=1S/C36H40FN3O5/c1-5-43-35(42)33(41)31-23(2)21-40-22-29-26-11-8-10-25(19-26)28-13-12-27(37)20-30(28)45-24(3)9-6-7-18-44-36(4)14-16-39(17-15-36)32(31)34(40)38-29/h6-8,10-13,19-22,24,33,41H,5,9,14-18H2,1-4H3. The maximum absolute atomic E-state index is 14.4. The van der Waals surface area contributed by atoms with Gasteiger partial charge in [-0.15, -0.1) is 0 Å². The topological polar surface area (TPSA) is 85.5 Å². The SMILES string of the molecule is CCOC(=O)C(O)c1c(C)cn2cc3nc2c1N1CCC(C)(CC1)OCC=CCC(C)Oc1cc(F)ccc1-c1cccc-3c1. The van der Waals surface area contributed by atoms with Crippen LogP contribution in [0.4, 0.5) is 10.1 Å². The molecule has 2 unspecified atom stereocenters. The summed E-state index contributed by atoms with van der Waals surface area (Å²) in [5.74, 6) is -0.574. The van der Waals surface area contributed by atoms with Crippen LogP contribution in [0.2, 0.25) is 0 Å². The van der Waals surface area contributed by atoms with Crippen LogP contribution in [0.3, 0.4) is 0 Å². The van der Waals surface area contributed by atoms with E-state index in [4.69, 9.17) is 19.2 Å². The molecular weight excluding hydrogens is 573 g/mol. The molecular formula is C36H40FN3O5. The molecule has 0 aliphatic carbocycles. The fourth-order valence-corrected chi connectivity index (χ4v) is 6.28. The number of benzene rings is 2. The lowest BCUT2D eigenvalue weighted by atomic mass is 9.92. The van der Waals surface area contributed by atoms with E-state index in [9.17, 15) is 14.3 Å². The molecule has 1 N–H and O–H groups in total. The molecule has 0 spiro atoms. The van der Waals surface area contributed by atoms with Crippen molar-refractivity contribution in [2.24, 2.45) is 0 Å². The molecule has 1 fully saturated rings. The van der Waals surface area contributed by atoms with E-state index in [2.05, 4.69) is 11.8 Å². The second-order valence-corrected chi connectivity index (χ2v) is 12.2. The number of nitrogens with zero attached hydrogens (tertiary/aromatic N) is 3. The van der Waals surface area contributed by atoms with Crippen LogP contribution in [0.1, 0.15) is 57.3 Å². The third-order valence-electron chi connectivity index (χ3n) is 8.78. The first-order valence-corrected chi connectivity index (χ1v) is 15.6.